The van der Waals surface area contributed by atoms with Crippen LogP contribution in [-0.4, -0.2) is 49.3 Å². The summed E-state index contributed by atoms with van der Waals surface area (Å²) in [5.74, 6) is 0. The molecule has 52 valence electrons. The summed E-state index contributed by atoms with van der Waals surface area (Å²) in [5.41, 5.74) is 0. The largest absolute Gasteiger partial charge is 0.291 e. The van der Waals surface area contributed by atoms with E-state index in [4.69, 9.17) is 0 Å². The van der Waals surface area contributed by atoms with Crippen LogP contribution in [0.25, 0.3) is 0 Å². The van der Waals surface area contributed by atoms with Gasteiger partial charge in [0.05, 0.1) is 0 Å². The molecule has 3 aliphatic heterocycles. The second-order valence-corrected chi connectivity index (χ2v) is 2.80. The van der Waals surface area contributed by atoms with E-state index < -0.39 is 0 Å². The van der Waals surface area contributed by atoms with Gasteiger partial charge in [0, 0.05) is 39.5 Å². The quantitative estimate of drug-likeness (QED) is 0.456. The first-order valence-corrected chi connectivity index (χ1v) is 3.60. The van der Waals surface area contributed by atoms with Crippen LogP contribution in [0.3, 0.4) is 0 Å². The molecule has 3 heterocycles. The van der Waals surface area contributed by atoms with Crippen LogP contribution in [0.4, 0.5) is 0 Å². The van der Waals surface area contributed by atoms with Crippen molar-refractivity contribution in [1.29, 1.82) is 0 Å². The Labute approximate surface area is 55.6 Å². The van der Waals surface area contributed by atoms with Gasteiger partial charge in [-0.3, -0.25) is 15.1 Å². The molecule has 0 aromatic heterocycles. The normalized spacial score (nSPS) is 42.7. The first-order chi connectivity index (χ1) is 4.45. The van der Waals surface area contributed by atoms with Crippen LogP contribution in [0.15, 0.2) is 0 Å². The van der Waals surface area contributed by atoms with Gasteiger partial charge in [-0.25, -0.2) is 0 Å². The molecule has 3 saturated heterocycles. The second kappa shape index (κ2) is 2.25. The van der Waals surface area contributed by atoms with Crippen LogP contribution in [0, 0.1) is 0 Å². The molecule has 3 aliphatic rings. The van der Waals surface area contributed by atoms with Gasteiger partial charge in [0.25, 0.3) is 0 Å². The summed E-state index contributed by atoms with van der Waals surface area (Å²) in [6.45, 7) is 7.22. The van der Waals surface area contributed by atoms with Gasteiger partial charge in [-0.2, -0.15) is 0 Å². The Kier molecular flexibility index (Phi) is 1.41. The van der Waals surface area contributed by atoms with Crippen molar-refractivity contribution in [3.05, 3.63) is 0 Å². The summed E-state index contributed by atoms with van der Waals surface area (Å²) >= 11 is 0. The molecule has 1 N–H and O–H groups in total. The minimum absolute atomic E-state index is 1.09. The third kappa shape index (κ3) is 1.08. The minimum atomic E-state index is 1.09. The van der Waals surface area contributed by atoms with Crippen LogP contribution >= 0.6 is 0 Å². The van der Waals surface area contributed by atoms with Gasteiger partial charge in [0.15, 0.2) is 0 Å². The molecule has 0 aliphatic carbocycles. The number of piperazine rings is 1. The Morgan fingerprint density at radius 2 is 1.22 bits per heavy atom. The first kappa shape index (κ1) is 5.65. The lowest BCUT2D eigenvalue weighted by atomic mass is 10.4. The van der Waals surface area contributed by atoms with Gasteiger partial charge < -0.3 is 0 Å². The molecule has 0 spiro atoms. The number of hydrogen-bond acceptors (Lipinski definition) is 3. The number of fused-ring (bicyclic) bond motifs is 4. The Morgan fingerprint density at radius 1 is 0.778 bits per heavy atom. The third-order valence-corrected chi connectivity index (χ3v) is 2.14. The van der Waals surface area contributed by atoms with E-state index in [2.05, 4.69) is 15.1 Å². The van der Waals surface area contributed by atoms with Gasteiger partial charge in [0.1, 0.15) is 0 Å². The van der Waals surface area contributed by atoms with E-state index in [0.717, 1.165) is 13.3 Å². The molecule has 3 heteroatoms. The zero-order chi connectivity index (χ0) is 6.10. The van der Waals surface area contributed by atoms with Crippen molar-refractivity contribution in [2.45, 2.75) is 0 Å². The minimum Gasteiger partial charge on any atom is -0.291 e. The average molecular weight is 127 g/mol. The van der Waals surface area contributed by atoms with Gasteiger partial charge in [-0.15, -0.1) is 0 Å². The molecule has 0 aromatic rings. The topological polar surface area (TPSA) is 18.5 Å². The highest BCUT2D eigenvalue weighted by molar-refractivity contribution is 4.73. The molecule has 0 radical (unpaired) electrons. The second-order valence-electron chi connectivity index (χ2n) is 2.80. The molecule has 2 bridgehead atoms. The van der Waals surface area contributed by atoms with E-state index in [1.807, 2.05) is 0 Å². The Morgan fingerprint density at radius 3 is 1.67 bits per heavy atom. The number of hydrogen-bond donors (Lipinski definition) is 1. The number of rotatable bonds is 0. The van der Waals surface area contributed by atoms with Crippen molar-refractivity contribution in [1.82, 2.24) is 15.1 Å². The molecule has 3 rings (SSSR count). The van der Waals surface area contributed by atoms with Crippen molar-refractivity contribution in [3.63, 3.8) is 0 Å². The first-order valence-electron chi connectivity index (χ1n) is 3.60. The summed E-state index contributed by atoms with van der Waals surface area (Å²) in [5, 5.41) is 3.36. The lowest BCUT2D eigenvalue weighted by Crippen LogP contribution is -2.42. The Hall–Kier alpha value is -0.120. The molecule has 0 amide bonds. The predicted molar refractivity (Wildman–Crippen MR) is 36.0 cm³/mol. The molecule has 3 nitrogen and oxygen atoms in total. The molecular weight excluding hydrogens is 114 g/mol. The SMILES string of the molecule is C1CN2CCN1CNC2. The van der Waals surface area contributed by atoms with Gasteiger partial charge in [-0.05, 0) is 0 Å². The van der Waals surface area contributed by atoms with Crippen molar-refractivity contribution in [2.24, 2.45) is 0 Å². The molecule has 3 fully saturated rings. The van der Waals surface area contributed by atoms with Crippen molar-refractivity contribution in [2.75, 3.05) is 39.5 Å². The molecule has 0 unspecified atom stereocenters. The molecule has 0 atom stereocenters. The maximum atomic E-state index is 3.36. The van der Waals surface area contributed by atoms with E-state index in [1.54, 1.807) is 0 Å². The lowest BCUT2D eigenvalue weighted by molar-refractivity contribution is 0.181. The fraction of sp³-hybridized carbons (Fsp3) is 1.00. The Balaban J connectivity index is 2.03. The highest BCUT2D eigenvalue weighted by Crippen LogP contribution is 2.01. The monoisotopic (exact) mass is 127 g/mol. The summed E-state index contributed by atoms with van der Waals surface area (Å²) in [7, 11) is 0. The zero-order valence-corrected chi connectivity index (χ0v) is 5.64. The summed E-state index contributed by atoms with van der Waals surface area (Å²) in [6.07, 6.45) is 0. The number of nitrogens with one attached hydrogen (secondary N) is 1. The van der Waals surface area contributed by atoms with Crippen LogP contribution in [0.5, 0.6) is 0 Å². The molecule has 9 heavy (non-hydrogen) atoms. The van der Waals surface area contributed by atoms with Crippen molar-refractivity contribution >= 4 is 0 Å². The molecule has 0 aromatic carbocycles. The summed E-state index contributed by atoms with van der Waals surface area (Å²) in [4.78, 5) is 4.92. The van der Waals surface area contributed by atoms with Gasteiger partial charge in [0.2, 0.25) is 0 Å². The van der Waals surface area contributed by atoms with E-state index in [9.17, 15) is 0 Å². The zero-order valence-electron chi connectivity index (χ0n) is 5.64. The van der Waals surface area contributed by atoms with E-state index in [-0.39, 0.29) is 0 Å². The highest BCUT2D eigenvalue weighted by Gasteiger charge is 2.19. The van der Waals surface area contributed by atoms with Crippen LogP contribution in [0.1, 0.15) is 0 Å². The predicted octanol–water partition coefficient (Wildman–Crippen LogP) is -0.878. The maximum absolute atomic E-state index is 3.36. The van der Waals surface area contributed by atoms with Crippen LogP contribution in [-0.2, 0) is 0 Å². The van der Waals surface area contributed by atoms with E-state index >= 15 is 0 Å². The maximum Gasteiger partial charge on any atom is 0.0491 e. The lowest BCUT2D eigenvalue weighted by Gasteiger charge is -2.27. The van der Waals surface area contributed by atoms with E-state index in [0.29, 0.717) is 0 Å². The Bertz CT molecular complexity index is 79.0. The summed E-state index contributed by atoms with van der Waals surface area (Å²) < 4.78 is 0. The van der Waals surface area contributed by atoms with Gasteiger partial charge >= 0.3 is 0 Å². The van der Waals surface area contributed by atoms with Crippen LogP contribution < -0.4 is 5.32 Å². The van der Waals surface area contributed by atoms with Gasteiger partial charge in [-0.1, -0.05) is 0 Å². The van der Waals surface area contributed by atoms with Crippen LogP contribution in [0.2, 0.25) is 0 Å². The third-order valence-electron chi connectivity index (χ3n) is 2.14. The highest BCUT2D eigenvalue weighted by atomic mass is 15.4. The fourth-order valence-corrected chi connectivity index (χ4v) is 1.47. The average Bonchev–Trinajstić information content (AvgIpc) is 2.21. The molecule has 0 saturated carbocycles. The number of nitrogens with zero attached hydrogens (tertiary/aromatic N) is 2. The van der Waals surface area contributed by atoms with E-state index in [1.165, 1.54) is 26.2 Å². The smallest absolute Gasteiger partial charge is 0.0491 e. The molecular formula is C6H13N3. The van der Waals surface area contributed by atoms with Crippen molar-refractivity contribution < 1.29 is 0 Å². The summed E-state index contributed by atoms with van der Waals surface area (Å²) in [6, 6.07) is 0. The fourth-order valence-electron chi connectivity index (χ4n) is 1.47. The standard InChI is InChI=1S/C6H13N3/c1-2-9-4-3-8(1)5-7-6-9/h7H,1-6H2. The van der Waals surface area contributed by atoms with Crippen molar-refractivity contribution in [3.8, 4) is 0 Å².